The molecule has 5 heteroatoms. The average molecular weight is 370 g/mol. The molecule has 1 amide bonds. The highest BCUT2D eigenvalue weighted by Crippen LogP contribution is 2.32. The third-order valence-electron chi connectivity index (χ3n) is 4.33. The number of aromatic amines is 1. The Balaban J connectivity index is 1.65. The van der Waals surface area contributed by atoms with E-state index >= 15 is 0 Å². The highest BCUT2D eigenvalue weighted by atomic mass is 79.9. The van der Waals surface area contributed by atoms with E-state index in [4.69, 9.17) is 0 Å². The van der Waals surface area contributed by atoms with Crippen LogP contribution in [0, 0.1) is 0 Å². The molecular formula is C18H16BrN3O. The van der Waals surface area contributed by atoms with Crippen LogP contribution in [-0.4, -0.2) is 27.3 Å². The van der Waals surface area contributed by atoms with Gasteiger partial charge in [0, 0.05) is 16.6 Å². The molecule has 1 atom stereocenters. The molecule has 1 fully saturated rings. The lowest BCUT2D eigenvalue weighted by Gasteiger charge is -2.23. The predicted molar refractivity (Wildman–Crippen MR) is 93.2 cm³/mol. The summed E-state index contributed by atoms with van der Waals surface area (Å²) in [6.45, 7) is 0.774. The minimum atomic E-state index is 0.0264. The monoisotopic (exact) mass is 369 g/mol. The van der Waals surface area contributed by atoms with Crippen LogP contribution in [0.1, 0.15) is 35.1 Å². The number of para-hydroxylation sites is 2. The Labute approximate surface area is 142 Å². The van der Waals surface area contributed by atoms with E-state index < -0.39 is 0 Å². The number of nitrogens with one attached hydrogen (secondary N) is 1. The number of rotatable bonds is 2. The van der Waals surface area contributed by atoms with Gasteiger partial charge in [-0.25, -0.2) is 4.98 Å². The van der Waals surface area contributed by atoms with Gasteiger partial charge in [-0.05, 0) is 49.2 Å². The lowest BCUT2D eigenvalue weighted by Crippen LogP contribution is -2.31. The minimum absolute atomic E-state index is 0.0264. The van der Waals surface area contributed by atoms with Crippen LogP contribution in [0.2, 0.25) is 0 Å². The van der Waals surface area contributed by atoms with E-state index in [0.29, 0.717) is 0 Å². The molecule has 0 spiro atoms. The number of nitrogens with zero attached hydrogens (tertiary/aromatic N) is 2. The van der Waals surface area contributed by atoms with Crippen LogP contribution in [-0.2, 0) is 0 Å². The molecular weight excluding hydrogens is 354 g/mol. The van der Waals surface area contributed by atoms with Crippen LogP contribution in [0.15, 0.2) is 53.0 Å². The van der Waals surface area contributed by atoms with Crippen LogP contribution in [0.5, 0.6) is 0 Å². The fourth-order valence-corrected chi connectivity index (χ4v) is 3.45. The first-order chi connectivity index (χ1) is 11.2. The Hall–Kier alpha value is -2.14. The highest BCUT2D eigenvalue weighted by molar-refractivity contribution is 9.10. The maximum absolute atomic E-state index is 12.8. The number of amides is 1. The number of aromatic nitrogens is 2. The van der Waals surface area contributed by atoms with E-state index in [0.717, 1.165) is 46.3 Å². The van der Waals surface area contributed by atoms with Crippen molar-refractivity contribution in [3.8, 4) is 0 Å². The zero-order valence-corrected chi connectivity index (χ0v) is 14.1. The first kappa shape index (κ1) is 14.5. The van der Waals surface area contributed by atoms with Crippen molar-refractivity contribution in [2.45, 2.75) is 18.9 Å². The van der Waals surface area contributed by atoms with Crippen molar-refractivity contribution in [2.24, 2.45) is 0 Å². The van der Waals surface area contributed by atoms with Crippen molar-refractivity contribution in [1.82, 2.24) is 14.9 Å². The number of likely N-dealkylation sites (tertiary alicyclic amines) is 1. The van der Waals surface area contributed by atoms with Gasteiger partial charge < -0.3 is 9.88 Å². The Bertz CT molecular complexity index is 823. The van der Waals surface area contributed by atoms with Gasteiger partial charge in [0.05, 0.1) is 17.1 Å². The van der Waals surface area contributed by atoms with Crippen molar-refractivity contribution < 1.29 is 4.79 Å². The SMILES string of the molecule is O=C(c1ccc(Br)cc1)N1CCC[C@@H]1c1nc2ccccc2[nH]1. The summed E-state index contributed by atoms with van der Waals surface area (Å²) in [5.41, 5.74) is 2.69. The molecule has 4 nitrogen and oxygen atoms in total. The van der Waals surface area contributed by atoms with Gasteiger partial charge in [-0.1, -0.05) is 28.1 Å². The molecule has 1 saturated heterocycles. The quantitative estimate of drug-likeness (QED) is 0.731. The van der Waals surface area contributed by atoms with Crippen LogP contribution >= 0.6 is 15.9 Å². The molecule has 23 heavy (non-hydrogen) atoms. The van der Waals surface area contributed by atoms with Gasteiger partial charge in [0.15, 0.2) is 0 Å². The van der Waals surface area contributed by atoms with E-state index in [-0.39, 0.29) is 11.9 Å². The van der Waals surface area contributed by atoms with Crippen molar-refractivity contribution in [3.05, 3.63) is 64.4 Å². The maximum Gasteiger partial charge on any atom is 0.254 e. The molecule has 1 aliphatic heterocycles. The summed E-state index contributed by atoms with van der Waals surface area (Å²) in [5.74, 6) is 0.953. The molecule has 0 aliphatic carbocycles. The van der Waals surface area contributed by atoms with Crippen LogP contribution in [0.4, 0.5) is 0 Å². The first-order valence-electron chi connectivity index (χ1n) is 7.73. The lowest BCUT2D eigenvalue weighted by molar-refractivity contribution is 0.0730. The summed E-state index contributed by atoms with van der Waals surface area (Å²) in [6.07, 6.45) is 1.95. The molecule has 2 aromatic carbocycles. The van der Waals surface area contributed by atoms with Gasteiger partial charge in [-0.15, -0.1) is 0 Å². The standard InChI is InChI=1S/C18H16BrN3O/c19-13-9-7-12(8-10-13)18(23)22-11-3-6-16(22)17-20-14-4-1-2-5-15(14)21-17/h1-2,4-5,7-10,16H,3,6,11H2,(H,20,21)/t16-/m1/s1. The minimum Gasteiger partial charge on any atom is -0.340 e. The second kappa shape index (κ2) is 5.81. The Kier molecular flexibility index (Phi) is 3.65. The summed E-state index contributed by atoms with van der Waals surface area (Å²) in [5, 5.41) is 0. The summed E-state index contributed by atoms with van der Waals surface area (Å²) < 4.78 is 0.976. The van der Waals surface area contributed by atoms with Gasteiger partial charge in [0.1, 0.15) is 5.82 Å². The normalized spacial score (nSPS) is 17.8. The van der Waals surface area contributed by atoms with E-state index in [9.17, 15) is 4.79 Å². The number of imidazole rings is 1. The molecule has 1 N–H and O–H groups in total. The number of carbonyl (C=O) groups excluding carboxylic acids is 1. The van der Waals surface area contributed by atoms with E-state index in [1.54, 1.807) is 0 Å². The van der Waals surface area contributed by atoms with Gasteiger partial charge in [-0.3, -0.25) is 4.79 Å². The van der Waals surface area contributed by atoms with E-state index in [2.05, 4.69) is 25.9 Å². The Morgan fingerprint density at radius 1 is 1.17 bits per heavy atom. The summed E-state index contributed by atoms with van der Waals surface area (Å²) >= 11 is 3.41. The number of benzene rings is 2. The largest absolute Gasteiger partial charge is 0.340 e. The number of hydrogen-bond donors (Lipinski definition) is 1. The molecule has 0 radical (unpaired) electrons. The second-order valence-corrected chi connectivity index (χ2v) is 6.72. The van der Waals surface area contributed by atoms with Crippen molar-refractivity contribution in [2.75, 3.05) is 6.54 Å². The zero-order valence-electron chi connectivity index (χ0n) is 12.5. The predicted octanol–water partition coefficient (Wildman–Crippen LogP) is 4.30. The number of H-pyrrole nitrogens is 1. The third kappa shape index (κ3) is 2.65. The van der Waals surface area contributed by atoms with Crippen molar-refractivity contribution in [3.63, 3.8) is 0 Å². The molecule has 0 bridgehead atoms. The fourth-order valence-electron chi connectivity index (χ4n) is 3.18. The summed E-state index contributed by atoms with van der Waals surface area (Å²) in [7, 11) is 0. The average Bonchev–Trinajstić information content (AvgIpc) is 3.21. The van der Waals surface area contributed by atoms with Gasteiger partial charge in [0.25, 0.3) is 5.91 Å². The van der Waals surface area contributed by atoms with Gasteiger partial charge in [-0.2, -0.15) is 0 Å². The summed E-state index contributed by atoms with van der Waals surface area (Å²) in [4.78, 5) is 22.8. The Morgan fingerprint density at radius 2 is 1.96 bits per heavy atom. The molecule has 116 valence electrons. The van der Waals surface area contributed by atoms with Crippen molar-refractivity contribution >= 4 is 32.9 Å². The zero-order chi connectivity index (χ0) is 15.8. The smallest absolute Gasteiger partial charge is 0.254 e. The highest BCUT2D eigenvalue weighted by Gasteiger charge is 2.32. The molecule has 2 heterocycles. The van der Waals surface area contributed by atoms with Crippen LogP contribution in [0.3, 0.4) is 0 Å². The summed E-state index contributed by atoms with van der Waals surface area (Å²) in [6, 6.07) is 15.5. The number of carbonyl (C=O) groups is 1. The third-order valence-corrected chi connectivity index (χ3v) is 4.86. The second-order valence-electron chi connectivity index (χ2n) is 5.80. The number of halogens is 1. The molecule has 0 saturated carbocycles. The van der Waals surface area contributed by atoms with Crippen molar-refractivity contribution in [1.29, 1.82) is 0 Å². The molecule has 1 aromatic heterocycles. The van der Waals surface area contributed by atoms with Crippen LogP contribution < -0.4 is 0 Å². The number of hydrogen-bond acceptors (Lipinski definition) is 2. The molecule has 4 rings (SSSR count). The molecule has 3 aromatic rings. The first-order valence-corrected chi connectivity index (χ1v) is 8.53. The van der Waals surface area contributed by atoms with Gasteiger partial charge in [0.2, 0.25) is 0 Å². The number of fused-ring (bicyclic) bond motifs is 1. The van der Waals surface area contributed by atoms with Gasteiger partial charge >= 0.3 is 0 Å². The molecule has 0 unspecified atom stereocenters. The molecule has 1 aliphatic rings. The van der Waals surface area contributed by atoms with E-state index in [1.165, 1.54) is 0 Å². The van der Waals surface area contributed by atoms with Crippen LogP contribution in [0.25, 0.3) is 11.0 Å². The van der Waals surface area contributed by atoms with E-state index in [1.807, 2.05) is 53.4 Å². The topological polar surface area (TPSA) is 49.0 Å². The lowest BCUT2D eigenvalue weighted by atomic mass is 10.1. The maximum atomic E-state index is 12.8. The fraction of sp³-hybridized carbons (Fsp3) is 0.222. The Morgan fingerprint density at radius 3 is 2.74 bits per heavy atom.